The fraction of sp³-hybridized carbons (Fsp3) is 0.533. The zero-order chi connectivity index (χ0) is 13.5. The molecule has 1 aromatic carbocycles. The average Bonchev–Trinajstić information content (AvgIpc) is 2.37. The van der Waals surface area contributed by atoms with Crippen LogP contribution in [0.5, 0.6) is 5.75 Å². The summed E-state index contributed by atoms with van der Waals surface area (Å²) >= 11 is 0. The fourth-order valence-corrected chi connectivity index (χ4v) is 1.98. The van der Waals surface area contributed by atoms with Gasteiger partial charge in [0.15, 0.2) is 5.78 Å². The Hall–Kier alpha value is -1.35. The third-order valence-corrected chi connectivity index (χ3v) is 3.00. The van der Waals surface area contributed by atoms with Crippen molar-refractivity contribution in [1.29, 1.82) is 0 Å². The van der Waals surface area contributed by atoms with Crippen molar-refractivity contribution in [3.05, 3.63) is 29.8 Å². The summed E-state index contributed by atoms with van der Waals surface area (Å²) < 4.78 is 10.3. The molecular formula is C15H22O3. The standard InChI is InChI=1S/C15H22O3/c1-11(2)15(18-4)14(16)10-7-12-5-8-13(17-3)9-6-12/h5-6,8-9,11,15H,7,10H2,1-4H3. The van der Waals surface area contributed by atoms with Gasteiger partial charge in [0.05, 0.1) is 7.11 Å². The van der Waals surface area contributed by atoms with E-state index in [0.717, 1.165) is 17.7 Å². The zero-order valence-corrected chi connectivity index (χ0v) is 11.6. The molecular weight excluding hydrogens is 228 g/mol. The third kappa shape index (κ3) is 4.15. The molecule has 1 rings (SSSR count). The molecule has 0 bridgehead atoms. The maximum Gasteiger partial charge on any atom is 0.162 e. The first-order valence-corrected chi connectivity index (χ1v) is 6.27. The van der Waals surface area contributed by atoms with Gasteiger partial charge in [-0.1, -0.05) is 26.0 Å². The molecule has 0 heterocycles. The van der Waals surface area contributed by atoms with Crippen molar-refractivity contribution >= 4 is 5.78 Å². The topological polar surface area (TPSA) is 35.5 Å². The van der Waals surface area contributed by atoms with Gasteiger partial charge < -0.3 is 9.47 Å². The highest BCUT2D eigenvalue weighted by Gasteiger charge is 2.20. The van der Waals surface area contributed by atoms with E-state index in [1.807, 2.05) is 38.1 Å². The number of aryl methyl sites for hydroxylation is 1. The molecule has 0 aliphatic heterocycles. The van der Waals surface area contributed by atoms with E-state index in [0.29, 0.717) is 6.42 Å². The first kappa shape index (κ1) is 14.7. The molecule has 0 N–H and O–H groups in total. The number of Topliss-reactive ketones (excluding diaryl/α,β-unsaturated/α-hetero) is 1. The molecule has 3 nitrogen and oxygen atoms in total. The quantitative estimate of drug-likeness (QED) is 0.746. The third-order valence-electron chi connectivity index (χ3n) is 3.00. The number of carbonyl (C=O) groups is 1. The van der Waals surface area contributed by atoms with Crippen LogP contribution in [0.25, 0.3) is 0 Å². The molecule has 0 fully saturated rings. The van der Waals surface area contributed by atoms with Crippen LogP contribution in [0.2, 0.25) is 0 Å². The van der Waals surface area contributed by atoms with Crippen molar-refractivity contribution < 1.29 is 14.3 Å². The Morgan fingerprint density at radius 1 is 1.17 bits per heavy atom. The summed E-state index contributed by atoms with van der Waals surface area (Å²) in [5.41, 5.74) is 1.14. The first-order valence-electron chi connectivity index (χ1n) is 6.27. The van der Waals surface area contributed by atoms with Crippen LogP contribution in [0.4, 0.5) is 0 Å². The van der Waals surface area contributed by atoms with Crippen LogP contribution in [-0.4, -0.2) is 26.1 Å². The lowest BCUT2D eigenvalue weighted by Crippen LogP contribution is -2.28. The summed E-state index contributed by atoms with van der Waals surface area (Å²) in [6, 6.07) is 7.80. The van der Waals surface area contributed by atoms with Gasteiger partial charge in [0.1, 0.15) is 11.9 Å². The molecule has 0 aliphatic carbocycles. The van der Waals surface area contributed by atoms with Gasteiger partial charge in [-0.15, -0.1) is 0 Å². The van der Waals surface area contributed by atoms with Crippen molar-refractivity contribution in [2.75, 3.05) is 14.2 Å². The molecule has 0 aliphatic rings. The van der Waals surface area contributed by atoms with Gasteiger partial charge in [-0.05, 0) is 30.0 Å². The number of ketones is 1. The van der Waals surface area contributed by atoms with Crippen molar-refractivity contribution in [2.45, 2.75) is 32.8 Å². The number of carbonyl (C=O) groups excluding carboxylic acids is 1. The van der Waals surface area contributed by atoms with Crippen LogP contribution in [0.15, 0.2) is 24.3 Å². The molecule has 0 amide bonds. The van der Waals surface area contributed by atoms with E-state index in [4.69, 9.17) is 9.47 Å². The Morgan fingerprint density at radius 3 is 2.22 bits per heavy atom. The lowest BCUT2D eigenvalue weighted by Gasteiger charge is -2.17. The smallest absolute Gasteiger partial charge is 0.162 e. The second kappa shape index (κ2) is 7.17. The van der Waals surface area contributed by atoms with Gasteiger partial charge in [0, 0.05) is 13.5 Å². The van der Waals surface area contributed by atoms with Crippen LogP contribution in [0, 0.1) is 5.92 Å². The summed E-state index contributed by atoms with van der Waals surface area (Å²) in [7, 11) is 3.24. The van der Waals surface area contributed by atoms with Crippen molar-refractivity contribution in [2.24, 2.45) is 5.92 Å². The normalized spacial score (nSPS) is 12.5. The minimum atomic E-state index is -0.289. The maximum absolute atomic E-state index is 12.0. The van der Waals surface area contributed by atoms with Gasteiger partial charge in [-0.2, -0.15) is 0 Å². The molecule has 1 unspecified atom stereocenters. The summed E-state index contributed by atoms with van der Waals surface area (Å²) in [5, 5.41) is 0. The van der Waals surface area contributed by atoms with E-state index in [-0.39, 0.29) is 17.8 Å². The van der Waals surface area contributed by atoms with E-state index in [9.17, 15) is 4.79 Å². The van der Waals surface area contributed by atoms with Gasteiger partial charge in [-0.3, -0.25) is 4.79 Å². The lowest BCUT2D eigenvalue weighted by atomic mass is 9.98. The van der Waals surface area contributed by atoms with E-state index in [1.165, 1.54) is 0 Å². The van der Waals surface area contributed by atoms with Crippen molar-refractivity contribution in [3.8, 4) is 5.75 Å². The number of hydrogen-bond donors (Lipinski definition) is 0. The molecule has 0 saturated carbocycles. The molecule has 3 heteroatoms. The van der Waals surface area contributed by atoms with E-state index < -0.39 is 0 Å². The van der Waals surface area contributed by atoms with Crippen molar-refractivity contribution in [1.82, 2.24) is 0 Å². The molecule has 0 spiro atoms. The second-order valence-electron chi connectivity index (χ2n) is 4.71. The Balaban J connectivity index is 2.51. The Morgan fingerprint density at radius 2 is 1.78 bits per heavy atom. The highest BCUT2D eigenvalue weighted by Crippen LogP contribution is 2.15. The highest BCUT2D eigenvalue weighted by molar-refractivity contribution is 5.83. The Labute approximate surface area is 109 Å². The molecule has 100 valence electrons. The Kier molecular flexibility index (Phi) is 5.86. The minimum Gasteiger partial charge on any atom is -0.497 e. The molecule has 1 aromatic rings. The maximum atomic E-state index is 12.0. The van der Waals surface area contributed by atoms with Gasteiger partial charge in [0.25, 0.3) is 0 Å². The predicted molar refractivity (Wildman–Crippen MR) is 72.0 cm³/mol. The number of ether oxygens (including phenoxy) is 2. The molecule has 18 heavy (non-hydrogen) atoms. The van der Waals surface area contributed by atoms with Crippen LogP contribution >= 0.6 is 0 Å². The largest absolute Gasteiger partial charge is 0.497 e. The minimum absolute atomic E-state index is 0.170. The van der Waals surface area contributed by atoms with Gasteiger partial charge >= 0.3 is 0 Å². The van der Waals surface area contributed by atoms with Crippen LogP contribution in [0.3, 0.4) is 0 Å². The fourth-order valence-electron chi connectivity index (χ4n) is 1.98. The predicted octanol–water partition coefficient (Wildman–Crippen LogP) is 2.87. The lowest BCUT2D eigenvalue weighted by molar-refractivity contribution is -0.131. The zero-order valence-electron chi connectivity index (χ0n) is 11.6. The summed E-state index contributed by atoms with van der Waals surface area (Å²) in [5.74, 6) is 1.23. The number of methoxy groups -OCH3 is 2. The van der Waals surface area contributed by atoms with Gasteiger partial charge in [0.2, 0.25) is 0 Å². The second-order valence-corrected chi connectivity index (χ2v) is 4.71. The van der Waals surface area contributed by atoms with Gasteiger partial charge in [-0.25, -0.2) is 0 Å². The monoisotopic (exact) mass is 250 g/mol. The number of rotatable bonds is 7. The molecule has 0 aromatic heterocycles. The number of benzene rings is 1. The van der Waals surface area contributed by atoms with Crippen LogP contribution < -0.4 is 4.74 Å². The van der Waals surface area contributed by atoms with Crippen LogP contribution in [-0.2, 0) is 16.0 Å². The molecule has 0 saturated heterocycles. The first-order chi connectivity index (χ1) is 8.58. The van der Waals surface area contributed by atoms with Crippen LogP contribution in [0.1, 0.15) is 25.8 Å². The van der Waals surface area contributed by atoms with E-state index in [2.05, 4.69) is 0 Å². The summed E-state index contributed by atoms with van der Waals surface area (Å²) in [4.78, 5) is 12.0. The SMILES string of the molecule is COc1ccc(CCC(=O)C(OC)C(C)C)cc1. The number of hydrogen-bond acceptors (Lipinski definition) is 3. The molecule has 1 atom stereocenters. The summed E-state index contributed by atoms with van der Waals surface area (Å²) in [6.07, 6.45) is 0.974. The van der Waals surface area contributed by atoms with E-state index in [1.54, 1.807) is 14.2 Å². The Bertz CT molecular complexity index is 368. The summed E-state index contributed by atoms with van der Waals surface area (Å²) in [6.45, 7) is 4.00. The average molecular weight is 250 g/mol. The molecule has 0 radical (unpaired) electrons. The van der Waals surface area contributed by atoms with Crippen molar-refractivity contribution in [3.63, 3.8) is 0 Å². The van der Waals surface area contributed by atoms with E-state index >= 15 is 0 Å². The highest BCUT2D eigenvalue weighted by atomic mass is 16.5.